The third-order valence-corrected chi connectivity index (χ3v) is 2.53. The van der Waals surface area contributed by atoms with Crippen molar-refractivity contribution in [2.45, 2.75) is 31.7 Å². The molecule has 3 atom stereocenters. The Morgan fingerprint density at radius 1 is 1.47 bits per heavy atom. The molecule has 0 amide bonds. The molecule has 4 heteroatoms. The molecule has 1 heterocycles. The van der Waals surface area contributed by atoms with E-state index >= 15 is 0 Å². The van der Waals surface area contributed by atoms with Crippen LogP contribution in [0, 0.1) is 0 Å². The van der Waals surface area contributed by atoms with E-state index in [-0.39, 0.29) is 18.3 Å². The van der Waals surface area contributed by atoms with Crippen LogP contribution < -0.4 is 0 Å². The van der Waals surface area contributed by atoms with E-state index in [4.69, 9.17) is 14.2 Å². The minimum Gasteiger partial charge on any atom is -0.489 e. The molecule has 0 spiro atoms. The van der Waals surface area contributed by atoms with Crippen LogP contribution in [0.1, 0.15) is 13.3 Å². The molecule has 94 valence electrons. The van der Waals surface area contributed by atoms with Gasteiger partial charge in [0.1, 0.15) is 18.0 Å². The number of rotatable bonds is 6. The largest absolute Gasteiger partial charge is 0.489 e. The summed E-state index contributed by atoms with van der Waals surface area (Å²) < 4.78 is 16.1. The Morgan fingerprint density at radius 3 is 2.76 bits per heavy atom. The second-order valence-corrected chi connectivity index (χ2v) is 3.86. The quantitative estimate of drug-likeness (QED) is 0.307. The highest BCUT2D eigenvalue weighted by atomic mass is 16.6. The van der Waals surface area contributed by atoms with Gasteiger partial charge >= 0.3 is 5.97 Å². The molecule has 1 aliphatic rings. The average molecular weight is 238 g/mol. The summed E-state index contributed by atoms with van der Waals surface area (Å²) in [4.78, 5) is 11.0. The van der Waals surface area contributed by atoms with Gasteiger partial charge in [-0.2, -0.15) is 0 Å². The molecule has 0 aromatic carbocycles. The summed E-state index contributed by atoms with van der Waals surface area (Å²) in [7, 11) is 0. The number of esters is 1. The lowest BCUT2D eigenvalue weighted by atomic mass is 10.1. The van der Waals surface area contributed by atoms with E-state index in [9.17, 15) is 4.79 Å². The summed E-state index contributed by atoms with van der Waals surface area (Å²) in [6.07, 6.45) is 2.83. The van der Waals surface area contributed by atoms with Gasteiger partial charge in [-0.25, -0.2) is 4.79 Å². The summed E-state index contributed by atoms with van der Waals surface area (Å²) in [6, 6.07) is 0. The Morgan fingerprint density at radius 2 is 2.18 bits per heavy atom. The van der Waals surface area contributed by atoms with Crippen molar-refractivity contribution in [3.05, 3.63) is 37.6 Å². The molecule has 0 aromatic heterocycles. The Bertz CT molecular complexity index is 321. The lowest BCUT2D eigenvalue weighted by molar-refractivity contribution is -0.147. The summed E-state index contributed by atoms with van der Waals surface area (Å²) in [5.41, 5.74) is 0. The average Bonchev–Trinajstić information content (AvgIpc) is 2.77. The zero-order valence-corrected chi connectivity index (χ0v) is 10.1. The lowest BCUT2D eigenvalue weighted by Gasteiger charge is -2.18. The third-order valence-electron chi connectivity index (χ3n) is 2.53. The van der Waals surface area contributed by atoms with E-state index < -0.39 is 5.97 Å². The zero-order chi connectivity index (χ0) is 12.8. The SMILES string of the molecule is C=CC(=C)OC1COC(C(C)OC(=O)C=C)C1. The van der Waals surface area contributed by atoms with Gasteiger partial charge in [-0.1, -0.05) is 19.7 Å². The van der Waals surface area contributed by atoms with Crippen LogP contribution in [0.15, 0.2) is 37.6 Å². The maximum Gasteiger partial charge on any atom is 0.330 e. The van der Waals surface area contributed by atoms with Gasteiger partial charge in [0.05, 0.1) is 12.7 Å². The van der Waals surface area contributed by atoms with Crippen LogP contribution in [0.2, 0.25) is 0 Å². The van der Waals surface area contributed by atoms with Crippen molar-refractivity contribution < 1.29 is 19.0 Å². The normalized spacial score (nSPS) is 24.8. The molecule has 0 saturated carbocycles. The highest BCUT2D eigenvalue weighted by molar-refractivity contribution is 5.81. The molecule has 0 bridgehead atoms. The van der Waals surface area contributed by atoms with E-state index in [1.54, 1.807) is 13.0 Å². The van der Waals surface area contributed by atoms with Crippen molar-refractivity contribution in [3.63, 3.8) is 0 Å². The summed E-state index contributed by atoms with van der Waals surface area (Å²) in [5.74, 6) is 0.0796. The molecule has 17 heavy (non-hydrogen) atoms. The van der Waals surface area contributed by atoms with Crippen LogP contribution in [-0.2, 0) is 19.0 Å². The van der Waals surface area contributed by atoms with Crippen molar-refractivity contribution in [3.8, 4) is 0 Å². The Kier molecular flexibility index (Phi) is 4.97. The van der Waals surface area contributed by atoms with E-state index in [2.05, 4.69) is 19.7 Å². The van der Waals surface area contributed by atoms with Crippen LogP contribution in [-0.4, -0.2) is 30.9 Å². The molecule has 1 fully saturated rings. The van der Waals surface area contributed by atoms with Crippen molar-refractivity contribution in [1.82, 2.24) is 0 Å². The molecule has 0 radical (unpaired) electrons. The number of hydrogen-bond acceptors (Lipinski definition) is 4. The predicted octanol–water partition coefficient (Wildman–Crippen LogP) is 1.98. The molecule has 1 rings (SSSR count). The summed E-state index contributed by atoms with van der Waals surface area (Å²) in [6.45, 7) is 12.8. The Labute approximate surface area is 102 Å². The van der Waals surface area contributed by atoms with Gasteiger partial charge in [0.15, 0.2) is 0 Å². The third kappa shape index (κ3) is 4.07. The zero-order valence-electron chi connectivity index (χ0n) is 10.1. The minimum atomic E-state index is -0.444. The van der Waals surface area contributed by atoms with Crippen LogP contribution in [0.4, 0.5) is 0 Å². The summed E-state index contributed by atoms with van der Waals surface area (Å²) >= 11 is 0. The highest BCUT2D eigenvalue weighted by Gasteiger charge is 2.32. The standard InChI is InChI=1S/C13H18O4/c1-5-9(3)16-11-7-12(15-8-11)10(4)17-13(14)6-2/h5-6,10-12H,1-3,7-8H2,4H3. The van der Waals surface area contributed by atoms with Crippen LogP contribution in [0.5, 0.6) is 0 Å². The van der Waals surface area contributed by atoms with Gasteiger partial charge in [0.2, 0.25) is 0 Å². The maximum absolute atomic E-state index is 11.0. The lowest BCUT2D eigenvalue weighted by Crippen LogP contribution is -2.27. The van der Waals surface area contributed by atoms with Crippen molar-refractivity contribution in [2.75, 3.05) is 6.61 Å². The number of carbonyl (C=O) groups excluding carboxylic acids is 1. The first-order chi connectivity index (χ1) is 8.06. The molecule has 0 aliphatic carbocycles. The molecule has 0 N–H and O–H groups in total. The van der Waals surface area contributed by atoms with Gasteiger partial charge in [0, 0.05) is 12.5 Å². The van der Waals surface area contributed by atoms with Gasteiger partial charge in [-0.3, -0.25) is 0 Å². The number of carbonyl (C=O) groups is 1. The molecule has 0 aromatic rings. The second-order valence-electron chi connectivity index (χ2n) is 3.86. The molecule has 1 saturated heterocycles. The first-order valence-corrected chi connectivity index (χ1v) is 5.49. The van der Waals surface area contributed by atoms with E-state index in [0.29, 0.717) is 18.8 Å². The molecule has 3 unspecified atom stereocenters. The van der Waals surface area contributed by atoms with Gasteiger partial charge in [-0.05, 0) is 13.0 Å². The minimum absolute atomic E-state index is 0.0598. The van der Waals surface area contributed by atoms with Gasteiger partial charge < -0.3 is 14.2 Å². The smallest absolute Gasteiger partial charge is 0.330 e. The fourth-order valence-corrected chi connectivity index (χ4v) is 1.60. The first-order valence-electron chi connectivity index (χ1n) is 5.49. The highest BCUT2D eigenvalue weighted by Crippen LogP contribution is 2.22. The Balaban J connectivity index is 2.38. The van der Waals surface area contributed by atoms with Crippen molar-refractivity contribution in [1.29, 1.82) is 0 Å². The van der Waals surface area contributed by atoms with E-state index in [1.165, 1.54) is 0 Å². The van der Waals surface area contributed by atoms with Crippen LogP contribution >= 0.6 is 0 Å². The molecule has 1 aliphatic heterocycles. The maximum atomic E-state index is 11.0. The molecule has 4 nitrogen and oxygen atoms in total. The Hall–Kier alpha value is -1.55. The van der Waals surface area contributed by atoms with Crippen molar-refractivity contribution >= 4 is 5.97 Å². The predicted molar refractivity (Wildman–Crippen MR) is 64.3 cm³/mol. The van der Waals surface area contributed by atoms with E-state index in [0.717, 1.165) is 6.08 Å². The number of hydrogen-bond donors (Lipinski definition) is 0. The number of ether oxygens (including phenoxy) is 3. The fraction of sp³-hybridized carbons (Fsp3) is 0.462. The fourth-order valence-electron chi connectivity index (χ4n) is 1.60. The monoisotopic (exact) mass is 238 g/mol. The first kappa shape index (κ1) is 13.5. The van der Waals surface area contributed by atoms with Crippen LogP contribution in [0.3, 0.4) is 0 Å². The second kappa shape index (κ2) is 6.25. The van der Waals surface area contributed by atoms with E-state index in [1.807, 2.05) is 0 Å². The molecular formula is C13H18O4. The number of allylic oxidation sites excluding steroid dienone is 1. The summed E-state index contributed by atoms with van der Waals surface area (Å²) in [5, 5.41) is 0. The molecular weight excluding hydrogens is 220 g/mol. The van der Waals surface area contributed by atoms with Gasteiger partial charge in [-0.15, -0.1) is 0 Å². The van der Waals surface area contributed by atoms with Crippen LogP contribution in [0.25, 0.3) is 0 Å². The topological polar surface area (TPSA) is 44.8 Å². The van der Waals surface area contributed by atoms with Gasteiger partial charge in [0.25, 0.3) is 0 Å². The van der Waals surface area contributed by atoms with Crippen molar-refractivity contribution in [2.24, 2.45) is 0 Å².